The number of amides is 1. The van der Waals surface area contributed by atoms with Crippen LogP contribution in [0.3, 0.4) is 0 Å². The Bertz CT molecular complexity index is 682. The maximum atomic E-state index is 12.5. The number of aromatic nitrogens is 2. The van der Waals surface area contributed by atoms with E-state index in [1.807, 2.05) is 0 Å². The van der Waals surface area contributed by atoms with Crippen LogP contribution in [0.15, 0.2) is 36.8 Å². The first-order valence-corrected chi connectivity index (χ1v) is 7.56. The van der Waals surface area contributed by atoms with Gasteiger partial charge in [0.05, 0.1) is 17.1 Å². The molecule has 1 saturated heterocycles. The van der Waals surface area contributed by atoms with Crippen molar-refractivity contribution in [1.29, 1.82) is 0 Å². The Morgan fingerprint density at radius 2 is 2.18 bits per heavy atom. The van der Waals surface area contributed by atoms with Gasteiger partial charge >= 0.3 is 0 Å². The summed E-state index contributed by atoms with van der Waals surface area (Å²) in [7, 11) is 0. The van der Waals surface area contributed by atoms with Crippen LogP contribution in [-0.2, 0) is 0 Å². The Morgan fingerprint density at radius 3 is 2.95 bits per heavy atom. The largest absolute Gasteiger partial charge is 0.472 e. The van der Waals surface area contributed by atoms with Crippen molar-refractivity contribution in [3.8, 4) is 5.88 Å². The molecule has 1 amide bonds. The predicted octanol–water partition coefficient (Wildman–Crippen LogP) is 3.08. The summed E-state index contributed by atoms with van der Waals surface area (Å²) in [5.41, 5.74) is 0.414. The molecule has 1 aromatic carbocycles. The van der Waals surface area contributed by atoms with Crippen LogP contribution >= 0.6 is 23.2 Å². The SMILES string of the molecule is O=C(c1cc(Cl)ccc1Cl)N1CCC(Oc2ccncn2)C1. The number of hydrogen-bond donors (Lipinski definition) is 0. The first-order chi connectivity index (χ1) is 10.6. The van der Waals surface area contributed by atoms with Crippen LogP contribution in [0.2, 0.25) is 10.0 Å². The highest BCUT2D eigenvalue weighted by atomic mass is 35.5. The minimum atomic E-state index is -0.138. The second-order valence-corrected chi connectivity index (χ2v) is 5.80. The van der Waals surface area contributed by atoms with Crippen LogP contribution in [0.25, 0.3) is 0 Å². The van der Waals surface area contributed by atoms with Crippen molar-refractivity contribution < 1.29 is 9.53 Å². The Labute approximate surface area is 137 Å². The monoisotopic (exact) mass is 337 g/mol. The first-order valence-electron chi connectivity index (χ1n) is 6.80. The molecule has 22 heavy (non-hydrogen) atoms. The van der Waals surface area contributed by atoms with E-state index in [0.717, 1.165) is 6.42 Å². The van der Waals surface area contributed by atoms with Gasteiger partial charge in [-0.25, -0.2) is 9.97 Å². The molecule has 114 valence electrons. The smallest absolute Gasteiger partial charge is 0.255 e. The lowest BCUT2D eigenvalue weighted by atomic mass is 10.2. The van der Waals surface area contributed by atoms with Gasteiger partial charge in [-0.15, -0.1) is 0 Å². The highest BCUT2D eigenvalue weighted by molar-refractivity contribution is 6.35. The van der Waals surface area contributed by atoms with E-state index in [-0.39, 0.29) is 12.0 Å². The van der Waals surface area contributed by atoms with Crippen molar-refractivity contribution in [1.82, 2.24) is 14.9 Å². The Balaban J connectivity index is 1.67. The molecule has 1 unspecified atom stereocenters. The quantitative estimate of drug-likeness (QED) is 0.863. The second-order valence-electron chi connectivity index (χ2n) is 4.95. The third kappa shape index (κ3) is 3.31. The lowest BCUT2D eigenvalue weighted by molar-refractivity contribution is 0.0771. The minimum Gasteiger partial charge on any atom is -0.472 e. The molecule has 1 aromatic heterocycles. The number of benzene rings is 1. The van der Waals surface area contributed by atoms with Gasteiger partial charge in [-0.2, -0.15) is 0 Å². The molecule has 1 atom stereocenters. The topological polar surface area (TPSA) is 55.3 Å². The zero-order valence-electron chi connectivity index (χ0n) is 11.6. The van der Waals surface area contributed by atoms with Crippen LogP contribution in [0.4, 0.5) is 0 Å². The number of ether oxygens (including phenoxy) is 1. The zero-order valence-corrected chi connectivity index (χ0v) is 13.1. The number of nitrogens with zero attached hydrogens (tertiary/aromatic N) is 3. The number of hydrogen-bond acceptors (Lipinski definition) is 4. The van der Waals surface area contributed by atoms with Gasteiger partial charge in [0.2, 0.25) is 5.88 Å². The molecule has 1 aliphatic heterocycles. The van der Waals surface area contributed by atoms with Gasteiger partial charge < -0.3 is 9.64 Å². The molecule has 3 rings (SSSR count). The van der Waals surface area contributed by atoms with Gasteiger partial charge in [0.25, 0.3) is 5.91 Å². The molecule has 2 heterocycles. The molecular weight excluding hydrogens is 325 g/mol. The van der Waals surface area contributed by atoms with E-state index in [2.05, 4.69) is 9.97 Å². The lowest BCUT2D eigenvalue weighted by Crippen LogP contribution is -2.31. The van der Waals surface area contributed by atoms with Crippen LogP contribution < -0.4 is 4.74 Å². The average Bonchev–Trinajstić information content (AvgIpc) is 2.98. The molecule has 7 heteroatoms. The van der Waals surface area contributed by atoms with E-state index < -0.39 is 0 Å². The third-order valence-corrected chi connectivity index (χ3v) is 4.00. The lowest BCUT2D eigenvalue weighted by Gasteiger charge is -2.17. The second kappa shape index (κ2) is 6.50. The van der Waals surface area contributed by atoms with E-state index in [4.69, 9.17) is 27.9 Å². The number of likely N-dealkylation sites (tertiary alicyclic amines) is 1. The highest BCUT2D eigenvalue weighted by Crippen LogP contribution is 2.24. The molecule has 1 fully saturated rings. The molecule has 0 aliphatic carbocycles. The molecule has 0 bridgehead atoms. The number of carbonyl (C=O) groups excluding carboxylic acids is 1. The Hall–Kier alpha value is -1.85. The summed E-state index contributed by atoms with van der Waals surface area (Å²) in [5, 5.41) is 0.885. The summed E-state index contributed by atoms with van der Waals surface area (Å²) in [6.45, 7) is 1.10. The molecule has 1 aliphatic rings. The third-order valence-electron chi connectivity index (χ3n) is 3.43. The van der Waals surface area contributed by atoms with E-state index in [9.17, 15) is 4.79 Å². The number of carbonyl (C=O) groups is 1. The summed E-state index contributed by atoms with van der Waals surface area (Å²) in [6, 6.07) is 6.57. The fourth-order valence-electron chi connectivity index (χ4n) is 2.36. The molecule has 0 saturated carbocycles. The van der Waals surface area contributed by atoms with Gasteiger partial charge in [-0.05, 0) is 18.2 Å². The number of halogens is 2. The zero-order chi connectivity index (χ0) is 15.5. The molecule has 0 radical (unpaired) electrons. The van der Waals surface area contributed by atoms with Crippen molar-refractivity contribution in [3.63, 3.8) is 0 Å². The summed E-state index contributed by atoms with van der Waals surface area (Å²) in [4.78, 5) is 22.1. The number of rotatable bonds is 3. The van der Waals surface area contributed by atoms with Crippen molar-refractivity contribution in [2.24, 2.45) is 0 Å². The highest BCUT2D eigenvalue weighted by Gasteiger charge is 2.29. The van der Waals surface area contributed by atoms with Crippen molar-refractivity contribution in [3.05, 3.63) is 52.4 Å². The molecule has 0 N–H and O–H groups in total. The van der Waals surface area contributed by atoms with Crippen molar-refractivity contribution >= 4 is 29.1 Å². The van der Waals surface area contributed by atoms with E-state index in [1.165, 1.54) is 6.33 Å². The van der Waals surface area contributed by atoms with E-state index in [0.29, 0.717) is 34.6 Å². The molecule has 2 aromatic rings. The average molecular weight is 338 g/mol. The van der Waals surface area contributed by atoms with Crippen LogP contribution in [-0.4, -0.2) is 40.0 Å². The summed E-state index contributed by atoms with van der Waals surface area (Å²) < 4.78 is 5.74. The normalized spacial score (nSPS) is 17.5. The van der Waals surface area contributed by atoms with Crippen molar-refractivity contribution in [2.45, 2.75) is 12.5 Å². The Kier molecular flexibility index (Phi) is 4.45. The minimum absolute atomic E-state index is 0.0863. The van der Waals surface area contributed by atoms with Crippen LogP contribution in [0.5, 0.6) is 5.88 Å². The maximum absolute atomic E-state index is 12.5. The Morgan fingerprint density at radius 1 is 1.32 bits per heavy atom. The standard InChI is InChI=1S/C15H13Cl2N3O2/c16-10-1-2-13(17)12(7-10)15(21)20-6-4-11(8-20)22-14-3-5-18-9-19-14/h1-3,5,7,9,11H,4,6,8H2. The van der Waals surface area contributed by atoms with Gasteiger partial charge in [0.15, 0.2) is 0 Å². The van der Waals surface area contributed by atoms with E-state index in [1.54, 1.807) is 35.4 Å². The van der Waals surface area contributed by atoms with Crippen molar-refractivity contribution in [2.75, 3.05) is 13.1 Å². The fraction of sp³-hybridized carbons (Fsp3) is 0.267. The summed E-state index contributed by atoms with van der Waals surface area (Å²) >= 11 is 12.0. The summed E-state index contributed by atoms with van der Waals surface area (Å²) in [6.07, 6.45) is 3.70. The predicted molar refractivity (Wildman–Crippen MR) is 83.4 cm³/mol. The van der Waals surface area contributed by atoms with Crippen LogP contribution in [0.1, 0.15) is 16.8 Å². The molecule has 0 spiro atoms. The maximum Gasteiger partial charge on any atom is 0.255 e. The van der Waals surface area contributed by atoms with Gasteiger partial charge in [0.1, 0.15) is 12.4 Å². The van der Waals surface area contributed by atoms with Gasteiger partial charge in [-0.1, -0.05) is 23.2 Å². The van der Waals surface area contributed by atoms with Crippen LogP contribution in [0, 0.1) is 0 Å². The fourth-order valence-corrected chi connectivity index (χ4v) is 2.73. The first kappa shape index (κ1) is 15.1. The molecule has 5 nitrogen and oxygen atoms in total. The molecular formula is C15H13Cl2N3O2. The van der Waals surface area contributed by atoms with Gasteiger partial charge in [0, 0.05) is 30.3 Å². The summed E-state index contributed by atoms with van der Waals surface area (Å²) in [5.74, 6) is 0.372. The van der Waals surface area contributed by atoms with E-state index >= 15 is 0 Å². The van der Waals surface area contributed by atoms with Gasteiger partial charge in [-0.3, -0.25) is 4.79 Å².